The highest BCUT2D eigenvalue weighted by molar-refractivity contribution is 7.17. The Hall–Kier alpha value is -2.36. The van der Waals surface area contributed by atoms with Gasteiger partial charge < -0.3 is 15.2 Å². The summed E-state index contributed by atoms with van der Waals surface area (Å²) in [4.78, 5) is 29.0. The Labute approximate surface area is 132 Å². The summed E-state index contributed by atoms with van der Waals surface area (Å²) < 4.78 is 39.8. The molecule has 0 radical (unpaired) electrons. The Morgan fingerprint density at radius 3 is 2.65 bits per heavy atom. The van der Waals surface area contributed by atoms with Crippen molar-refractivity contribution in [2.45, 2.75) is 19.3 Å². The zero-order valence-electron chi connectivity index (χ0n) is 11.6. The number of pyridine rings is 1. The topological polar surface area (TPSA) is 81.2 Å². The molecule has 122 valence electrons. The van der Waals surface area contributed by atoms with Crippen LogP contribution in [0.1, 0.15) is 20.9 Å². The smallest absolute Gasteiger partial charge is 0.365 e. The van der Waals surface area contributed by atoms with E-state index in [1.165, 1.54) is 10.8 Å². The molecule has 2 N–H and O–H groups in total. The van der Waals surface area contributed by atoms with Gasteiger partial charge in [0.2, 0.25) is 0 Å². The molecule has 3 rings (SSSR count). The fourth-order valence-electron chi connectivity index (χ4n) is 2.38. The molecule has 0 saturated heterocycles. The Balaban J connectivity index is 1.94. The predicted octanol–water partition coefficient (Wildman–Crippen LogP) is 1.44. The van der Waals surface area contributed by atoms with Crippen molar-refractivity contribution < 1.29 is 18.0 Å². The Morgan fingerprint density at radius 1 is 1.30 bits per heavy atom. The summed E-state index contributed by atoms with van der Waals surface area (Å²) >= 11 is 1.07. The van der Waals surface area contributed by atoms with Gasteiger partial charge in [0.05, 0.1) is 18.3 Å². The largest absolute Gasteiger partial charge is 0.416 e. The molecule has 6 nitrogen and oxygen atoms in total. The molecular weight excluding hydrogens is 333 g/mol. The summed E-state index contributed by atoms with van der Waals surface area (Å²) in [7, 11) is 0. The molecular formula is C13H11F3N4O2S. The van der Waals surface area contributed by atoms with Gasteiger partial charge in [0, 0.05) is 24.8 Å². The summed E-state index contributed by atoms with van der Waals surface area (Å²) in [6.45, 7) is 0.757. The first-order valence-corrected chi connectivity index (χ1v) is 7.39. The number of anilines is 1. The van der Waals surface area contributed by atoms with Crippen molar-refractivity contribution in [2.75, 3.05) is 11.4 Å². The number of hydrogen-bond donors (Lipinski definition) is 1. The van der Waals surface area contributed by atoms with Crippen LogP contribution in [0.2, 0.25) is 0 Å². The first-order chi connectivity index (χ1) is 10.8. The number of hydrogen-bond acceptors (Lipinski definition) is 5. The summed E-state index contributed by atoms with van der Waals surface area (Å²) in [6, 6.07) is 1.57. The van der Waals surface area contributed by atoms with Crippen molar-refractivity contribution in [3.63, 3.8) is 0 Å². The number of primary amides is 1. The lowest BCUT2D eigenvalue weighted by molar-refractivity contribution is -0.137. The van der Waals surface area contributed by atoms with Crippen LogP contribution in [0.4, 0.5) is 18.3 Å². The average molecular weight is 344 g/mol. The number of halogens is 3. The minimum atomic E-state index is -4.57. The zero-order valence-corrected chi connectivity index (χ0v) is 12.4. The Kier molecular flexibility index (Phi) is 3.63. The number of fused-ring (bicyclic) bond motifs is 1. The van der Waals surface area contributed by atoms with Gasteiger partial charge in [-0.15, -0.1) is 0 Å². The molecule has 23 heavy (non-hydrogen) atoms. The summed E-state index contributed by atoms with van der Waals surface area (Å²) in [6.07, 6.45) is -3.24. The maximum absolute atomic E-state index is 12.8. The number of alkyl halides is 3. The van der Waals surface area contributed by atoms with E-state index in [9.17, 15) is 22.8 Å². The van der Waals surface area contributed by atoms with Crippen LogP contribution < -0.4 is 16.2 Å². The Morgan fingerprint density at radius 2 is 2.04 bits per heavy atom. The lowest BCUT2D eigenvalue weighted by Crippen LogP contribution is -2.39. The second kappa shape index (κ2) is 5.37. The molecule has 0 spiro atoms. The number of aromatic nitrogens is 2. The van der Waals surface area contributed by atoms with Crippen molar-refractivity contribution in [1.82, 2.24) is 9.55 Å². The monoisotopic (exact) mass is 344 g/mol. The van der Waals surface area contributed by atoms with Crippen molar-refractivity contribution in [2.24, 2.45) is 5.73 Å². The molecule has 10 heteroatoms. The number of nitrogens with zero attached hydrogens (tertiary/aromatic N) is 3. The number of rotatable bonds is 2. The van der Waals surface area contributed by atoms with Gasteiger partial charge in [-0.2, -0.15) is 13.2 Å². The van der Waals surface area contributed by atoms with Crippen LogP contribution in [-0.4, -0.2) is 22.0 Å². The van der Waals surface area contributed by atoms with Gasteiger partial charge in [0.25, 0.3) is 11.5 Å². The van der Waals surface area contributed by atoms with Gasteiger partial charge in [-0.1, -0.05) is 11.3 Å². The summed E-state index contributed by atoms with van der Waals surface area (Å²) in [5.41, 5.74) is 3.78. The van der Waals surface area contributed by atoms with Crippen molar-refractivity contribution in [3.8, 4) is 0 Å². The van der Waals surface area contributed by atoms with E-state index in [-0.39, 0.29) is 23.7 Å². The summed E-state index contributed by atoms with van der Waals surface area (Å²) in [5, 5.41) is 0.481. The first kappa shape index (κ1) is 15.5. The van der Waals surface area contributed by atoms with Gasteiger partial charge in [0.1, 0.15) is 4.88 Å². The molecule has 2 aromatic rings. The lowest BCUT2D eigenvalue weighted by atomic mass is 10.1. The molecule has 2 aromatic heterocycles. The highest BCUT2D eigenvalue weighted by Crippen LogP contribution is 2.30. The van der Waals surface area contributed by atoms with E-state index in [0.717, 1.165) is 17.4 Å². The van der Waals surface area contributed by atoms with Gasteiger partial charge in [-0.05, 0) is 6.07 Å². The van der Waals surface area contributed by atoms with Crippen LogP contribution >= 0.6 is 11.3 Å². The van der Waals surface area contributed by atoms with E-state index in [1.807, 2.05) is 0 Å². The third kappa shape index (κ3) is 2.93. The number of amides is 1. The zero-order chi connectivity index (χ0) is 16.8. The molecule has 0 atom stereocenters. The normalized spacial score (nSPS) is 14.7. The average Bonchev–Trinajstić information content (AvgIpc) is 2.95. The molecule has 1 aliphatic rings. The number of nitrogens with two attached hydrogens (primary N) is 1. The van der Waals surface area contributed by atoms with E-state index >= 15 is 0 Å². The lowest BCUT2D eigenvalue weighted by Gasteiger charge is -2.30. The predicted molar refractivity (Wildman–Crippen MR) is 77.4 cm³/mol. The minimum absolute atomic E-state index is 0.102. The second-order valence-corrected chi connectivity index (χ2v) is 6.02. The molecule has 1 aliphatic heterocycles. The van der Waals surface area contributed by atoms with Crippen LogP contribution in [0.5, 0.6) is 0 Å². The summed E-state index contributed by atoms with van der Waals surface area (Å²) in [5.74, 6) is -0.610. The van der Waals surface area contributed by atoms with E-state index in [4.69, 9.17) is 5.73 Å². The molecule has 0 aliphatic carbocycles. The van der Waals surface area contributed by atoms with E-state index in [1.54, 1.807) is 4.90 Å². The second-order valence-electron chi connectivity index (χ2n) is 5.02. The molecule has 1 amide bonds. The number of carbonyl (C=O) groups excluding carboxylic acids is 1. The Bertz CT molecular complexity index is 827. The van der Waals surface area contributed by atoms with Gasteiger partial charge in [-0.3, -0.25) is 9.59 Å². The number of thiazole rings is 1. The van der Waals surface area contributed by atoms with Crippen LogP contribution in [0.25, 0.3) is 0 Å². The third-order valence-electron chi connectivity index (χ3n) is 3.49. The SMILES string of the molecule is NC(=O)c1cnc(N2CCn3c(cc(C(F)(F)F)cc3=O)C2)s1. The standard InChI is InChI=1S/C13H11F3N4O2S/c14-13(15,16)7-3-8-6-19(1-2-20(8)10(21)4-7)12-18-5-9(23-12)11(17)22/h3-5H,1-2,6H2,(H2,17,22). The fraction of sp³-hybridized carbons (Fsp3) is 0.308. The van der Waals surface area contributed by atoms with E-state index in [2.05, 4.69) is 4.98 Å². The van der Waals surface area contributed by atoms with Crippen LogP contribution in [0, 0.1) is 0 Å². The maximum atomic E-state index is 12.8. The first-order valence-electron chi connectivity index (χ1n) is 6.57. The van der Waals surface area contributed by atoms with Crippen LogP contribution in [0.3, 0.4) is 0 Å². The molecule has 0 bridgehead atoms. The van der Waals surface area contributed by atoms with Gasteiger partial charge in [0.15, 0.2) is 5.13 Å². The van der Waals surface area contributed by atoms with Crippen molar-refractivity contribution >= 4 is 22.4 Å². The molecule has 0 fully saturated rings. The van der Waals surface area contributed by atoms with E-state index < -0.39 is 23.2 Å². The minimum Gasteiger partial charge on any atom is -0.365 e. The molecule has 0 aromatic carbocycles. The highest BCUT2D eigenvalue weighted by atomic mass is 32.1. The van der Waals surface area contributed by atoms with Crippen molar-refractivity contribution in [3.05, 3.63) is 44.8 Å². The third-order valence-corrected chi connectivity index (χ3v) is 4.57. The van der Waals surface area contributed by atoms with Gasteiger partial charge >= 0.3 is 6.18 Å². The van der Waals surface area contributed by atoms with Crippen LogP contribution in [-0.2, 0) is 19.3 Å². The maximum Gasteiger partial charge on any atom is 0.416 e. The molecule has 3 heterocycles. The molecule has 0 unspecified atom stereocenters. The van der Waals surface area contributed by atoms with E-state index in [0.29, 0.717) is 17.7 Å². The molecule has 0 saturated carbocycles. The number of carbonyl (C=O) groups is 1. The van der Waals surface area contributed by atoms with Crippen LogP contribution in [0.15, 0.2) is 23.1 Å². The fourth-order valence-corrected chi connectivity index (χ4v) is 3.18. The van der Waals surface area contributed by atoms with Gasteiger partial charge in [-0.25, -0.2) is 4.98 Å². The highest BCUT2D eigenvalue weighted by Gasteiger charge is 2.33. The quantitative estimate of drug-likeness (QED) is 0.894. The van der Waals surface area contributed by atoms with Crippen molar-refractivity contribution in [1.29, 1.82) is 0 Å².